The molecule has 2 N–H and O–H groups in total. The van der Waals surface area contributed by atoms with Crippen molar-refractivity contribution >= 4 is 18.3 Å². The lowest BCUT2D eigenvalue weighted by Crippen LogP contribution is -2.45. The molecule has 2 atom stereocenters. The largest absolute Gasteiger partial charge is 0.369 e. The van der Waals surface area contributed by atoms with E-state index in [-0.39, 0.29) is 37.1 Å². The molecule has 1 aliphatic heterocycles. The zero-order valence-electron chi connectivity index (χ0n) is 11.0. The van der Waals surface area contributed by atoms with Gasteiger partial charge in [-0.15, -0.1) is 12.4 Å². The molecule has 4 nitrogen and oxygen atoms in total. The summed E-state index contributed by atoms with van der Waals surface area (Å²) in [5.41, 5.74) is 0. The Morgan fingerprint density at radius 1 is 1.47 bits per heavy atom. The van der Waals surface area contributed by atoms with Crippen LogP contribution in [0.1, 0.15) is 33.6 Å². The van der Waals surface area contributed by atoms with Crippen LogP contribution in [0.25, 0.3) is 0 Å². The Kier molecular flexibility index (Phi) is 8.56. The third-order valence-corrected chi connectivity index (χ3v) is 2.98. The quantitative estimate of drug-likeness (QED) is 0.788. The number of piperidine rings is 1. The van der Waals surface area contributed by atoms with Gasteiger partial charge in [0, 0.05) is 6.04 Å². The molecule has 1 rings (SSSR count). The smallest absolute Gasteiger partial charge is 0.246 e. The van der Waals surface area contributed by atoms with E-state index in [0.29, 0.717) is 5.92 Å². The molecule has 0 bridgehead atoms. The summed E-state index contributed by atoms with van der Waals surface area (Å²) < 4.78 is 5.26. The van der Waals surface area contributed by atoms with Gasteiger partial charge < -0.3 is 15.4 Å². The average molecular weight is 265 g/mol. The van der Waals surface area contributed by atoms with Crippen molar-refractivity contribution in [3.8, 4) is 0 Å². The van der Waals surface area contributed by atoms with Crippen LogP contribution < -0.4 is 10.6 Å². The highest BCUT2D eigenvalue weighted by atomic mass is 35.5. The van der Waals surface area contributed by atoms with E-state index in [1.54, 1.807) is 0 Å². The first-order chi connectivity index (χ1) is 7.59. The molecule has 1 saturated heterocycles. The number of carbonyl (C=O) groups is 1. The van der Waals surface area contributed by atoms with Crippen LogP contribution in [0.15, 0.2) is 0 Å². The second-order valence-electron chi connectivity index (χ2n) is 4.82. The van der Waals surface area contributed by atoms with Crippen LogP contribution in [0.4, 0.5) is 0 Å². The second-order valence-corrected chi connectivity index (χ2v) is 4.82. The van der Waals surface area contributed by atoms with E-state index in [1.165, 1.54) is 12.8 Å². The van der Waals surface area contributed by atoms with Crippen molar-refractivity contribution < 1.29 is 9.53 Å². The second kappa shape index (κ2) is 8.72. The summed E-state index contributed by atoms with van der Waals surface area (Å²) >= 11 is 0. The van der Waals surface area contributed by atoms with Crippen molar-refractivity contribution in [2.24, 2.45) is 5.92 Å². The van der Waals surface area contributed by atoms with Crippen molar-refractivity contribution in [1.29, 1.82) is 0 Å². The minimum atomic E-state index is -0.00762. The third-order valence-electron chi connectivity index (χ3n) is 2.98. The van der Waals surface area contributed by atoms with Gasteiger partial charge in [-0.3, -0.25) is 4.79 Å². The van der Waals surface area contributed by atoms with Gasteiger partial charge in [-0.05, 0) is 52.6 Å². The van der Waals surface area contributed by atoms with Crippen molar-refractivity contribution in [3.05, 3.63) is 0 Å². The Bertz CT molecular complexity index is 219. The monoisotopic (exact) mass is 264 g/mol. The first-order valence-corrected chi connectivity index (χ1v) is 6.21. The number of ether oxygens (including phenoxy) is 1. The predicted octanol–water partition coefficient (Wildman–Crippen LogP) is 1.34. The minimum absolute atomic E-state index is 0. The number of hydrogen-bond acceptors (Lipinski definition) is 3. The Balaban J connectivity index is 0.00000256. The SMILES string of the molecule is CC(C)OCC(=O)NC(C)C1CCCNC1.Cl. The maximum absolute atomic E-state index is 11.5. The van der Waals surface area contributed by atoms with Crippen LogP contribution in [0.2, 0.25) is 0 Å². The van der Waals surface area contributed by atoms with Crippen LogP contribution in [-0.4, -0.2) is 37.7 Å². The number of hydrogen-bond donors (Lipinski definition) is 2. The number of halogens is 1. The molecule has 0 aliphatic carbocycles. The van der Waals surface area contributed by atoms with Crippen LogP contribution in [0.5, 0.6) is 0 Å². The normalized spacial score (nSPS) is 21.8. The molecule has 1 amide bonds. The van der Waals surface area contributed by atoms with Crippen LogP contribution in [-0.2, 0) is 9.53 Å². The van der Waals surface area contributed by atoms with Gasteiger partial charge in [0.25, 0.3) is 0 Å². The van der Waals surface area contributed by atoms with E-state index in [4.69, 9.17) is 4.74 Å². The first-order valence-electron chi connectivity index (χ1n) is 6.21. The molecule has 5 heteroatoms. The van der Waals surface area contributed by atoms with E-state index in [2.05, 4.69) is 17.6 Å². The maximum atomic E-state index is 11.5. The van der Waals surface area contributed by atoms with Crippen LogP contribution in [0, 0.1) is 5.92 Å². The molecule has 0 aromatic heterocycles. The zero-order chi connectivity index (χ0) is 12.0. The topological polar surface area (TPSA) is 50.4 Å². The molecule has 1 fully saturated rings. The van der Waals surface area contributed by atoms with Gasteiger partial charge in [0.15, 0.2) is 0 Å². The fourth-order valence-electron chi connectivity index (χ4n) is 1.96. The molecule has 0 saturated carbocycles. The molecule has 1 aliphatic rings. The van der Waals surface area contributed by atoms with Gasteiger partial charge in [-0.1, -0.05) is 0 Å². The van der Waals surface area contributed by atoms with Gasteiger partial charge in [-0.2, -0.15) is 0 Å². The molecule has 0 radical (unpaired) electrons. The van der Waals surface area contributed by atoms with Crippen molar-refractivity contribution in [1.82, 2.24) is 10.6 Å². The Morgan fingerprint density at radius 3 is 2.71 bits per heavy atom. The molecule has 0 aromatic carbocycles. The van der Waals surface area contributed by atoms with Crippen molar-refractivity contribution in [3.63, 3.8) is 0 Å². The molecule has 2 unspecified atom stereocenters. The number of amides is 1. The molecule has 1 heterocycles. The third kappa shape index (κ3) is 6.86. The number of carbonyl (C=O) groups excluding carboxylic acids is 1. The lowest BCUT2D eigenvalue weighted by atomic mass is 9.93. The summed E-state index contributed by atoms with van der Waals surface area (Å²) in [5, 5.41) is 6.36. The maximum Gasteiger partial charge on any atom is 0.246 e. The zero-order valence-corrected chi connectivity index (χ0v) is 11.8. The van der Waals surface area contributed by atoms with E-state index in [1.807, 2.05) is 13.8 Å². The van der Waals surface area contributed by atoms with E-state index < -0.39 is 0 Å². The van der Waals surface area contributed by atoms with Crippen LogP contribution in [0.3, 0.4) is 0 Å². The van der Waals surface area contributed by atoms with Gasteiger partial charge >= 0.3 is 0 Å². The van der Waals surface area contributed by atoms with Gasteiger partial charge in [-0.25, -0.2) is 0 Å². The fraction of sp³-hybridized carbons (Fsp3) is 0.917. The van der Waals surface area contributed by atoms with Crippen molar-refractivity contribution in [2.75, 3.05) is 19.7 Å². The molecule has 0 aromatic rings. The number of rotatable bonds is 5. The average Bonchev–Trinajstić information content (AvgIpc) is 2.27. The summed E-state index contributed by atoms with van der Waals surface area (Å²) in [6, 6.07) is 0.232. The Labute approximate surface area is 110 Å². The summed E-state index contributed by atoms with van der Waals surface area (Å²) in [6.07, 6.45) is 2.50. The minimum Gasteiger partial charge on any atom is -0.369 e. The van der Waals surface area contributed by atoms with Gasteiger partial charge in [0.05, 0.1) is 6.10 Å². The lowest BCUT2D eigenvalue weighted by Gasteiger charge is -2.29. The summed E-state index contributed by atoms with van der Waals surface area (Å²) in [5.74, 6) is 0.545. The summed E-state index contributed by atoms with van der Waals surface area (Å²) in [7, 11) is 0. The molecular weight excluding hydrogens is 240 g/mol. The lowest BCUT2D eigenvalue weighted by molar-refractivity contribution is -0.128. The molecule has 17 heavy (non-hydrogen) atoms. The molecular formula is C12H25ClN2O2. The molecule has 102 valence electrons. The van der Waals surface area contributed by atoms with Crippen molar-refractivity contribution in [2.45, 2.75) is 45.8 Å². The van der Waals surface area contributed by atoms with E-state index in [9.17, 15) is 4.79 Å². The fourth-order valence-corrected chi connectivity index (χ4v) is 1.96. The Hall–Kier alpha value is -0.320. The van der Waals surface area contributed by atoms with E-state index >= 15 is 0 Å². The van der Waals surface area contributed by atoms with Gasteiger partial charge in [0.2, 0.25) is 5.91 Å². The summed E-state index contributed by atoms with van der Waals surface area (Å²) in [4.78, 5) is 11.5. The molecule has 0 spiro atoms. The highest BCUT2D eigenvalue weighted by Gasteiger charge is 2.21. The number of nitrogens with one attached hydrogen (secondary N) is 2. The van der Waals surface area contributed by atoms with E-state index in [0.717, 1.165) is 13.1 Å². The highest BCUT2D eigenvalue weighted by Crippen LogP contribution is 2.13. The van der Waals surface area contributed by atoms with Gasteiger partial charge in [0.1, 0.15) is 6.61 Å². The van der Waals surface area contributed by atoms with Crippen LogP contribution >= 0.6 is 12.4 Å². The Morgan fingerprint density at radius 2 is 2.18 bits per heavy atom. The first kappa shape index (κ1) is 16.7. The summed E-state index contributed by atoms with van der Waals surface area (Å²) in [6.45, 7) is 8.22. The highest BCUT2D eigenvalue weighted by molar-refractivity contribution is 5.85. The standard InChI is InChI=1S/C12H24N2O2.ClH/c1-9(2)16-8-12(15)14-10(3)11-5-4-6-13-7-11;/h9-11,13H,4-8H2,1-3H3,(H,14,15);1H. The predicted molar refractivity (Wildman–Crippen MR) is 71.5 cm³/mol.